The molecule has 2 atom stereocenters. The molecular weight excluding hydrogens is 262 g/mol. The topological polar surface area (TPSA) is 34.4 Å². The van der Waals surface area contributed by atoms with Crippen molar-refractivity contribution in [3.8, 4) is 0 Å². The fourth-order valence-electron chi connectivity index (χ4n) is 4.06. The zero-order chi connectivity index (χ0) is 16.0. The van der Waals surface area contributed by atoms with Crippen LogP contribution in [0.15, 0.2) is 4.42 Å². The summed E-state index contributed by atoms with van der Waals surface area (Å²) in [5.41, 5.74) is 2.40. The van der Waals surface area contributed by atoms with Gasteiger partial charge in [0.25, 0.3) is 0 Å². The summed E-state index contributed by atoms with van der Waals surface area (Å²) in [6.07, 6.45) is 1.06. The van der Waals surface area contributed by atoms with E-state index in [1.54, 1.807) is 0 Å². The van der Waals surface area contributed by atoms with E-state index in [0.717, 1.165) is 24.5 Å². The first kappa shape index (κ1) is 16.6. The summed E-state index contributed by atoms with van der Waals surface area (Å²) in [5, 5.41) is 3.69. The lowest BCUT2D eigenvalue weighted by atomic mass is 9.78. The minimum atomic E-state index is -0.139. The Labute approximate surface area is 129 Å². The maximum absolute atomic E-state index is 6.31. The van der Waals surface area contributed by atoms with E-state index < -0.39 is 0 Å². The van der Waals surface area contributed by atoms with Gasteiger partial charge in [0.2, 0.25) is 0 Å². The van der Waals surface area contributed by atoms with Crippen LogP contribution in [-0.2, 0) is 4.74 Å². The van der Waals surface area contributed by atoms with Gasteiger partial charge in [0.1, 0.15) is 11.5 Å². The highest BCUT2D eigenvalue weighted by Gasteiger charge is 2.50. The van der Waals surface area contributed by atoms with E-state index in [1.165, 1.54) is 11.1 Å². The molecule has 0 amide bonds. The van der Waals surface area contributed by atoms with Gasteiger partial charge in [-0.2, -0.15) is 0 Å². The summed E-state index contributed by atoms with van der Waals surface area (Å²) in [5.74, 6) is 2.50. The Bertz CT molecular complexity index is 514. The maximum Gasteiger partial charge on any atom is 0.106 e. The highest BCUT2D eigenvalue weighted by molar-refractivity contribution is 5.35. The van der Waals surface area contributed by atoms with Gasteiger partial charge in [-0.25, -0.2) is 0 Å². The molecule has 0 spiro atoms. The molecule has 2 unspecified atom stereocenters. The zero-order valence-electron chi connectivity index (χ0n) is 14.9. The van der Waals surface area contributed by atoms with Gasteiger partial charge in [-0.1, -0.05) is 6.92 Å². The number of hydrogen-bond donors (Lipinski definition) is 1. The summed E-state index contributed by atoms with van der Waals surface area (Å²) in [4.78, 5) is 0. The average Bonchev–Trinajstić information content (AvgIpc) is 2.70. The van der Waals surface area contributed by atoms with E-state index in [-0.39, 0.29) is 17.2 Å². The summed E-state index contributed by atoms with van der Waals surface area (Å²) in [7, 11) is 0. The molecule has 0 radical (unpaired) electrons. The maximum atomic E-state index is 6.31. The number of furan rings is 1. The number of rotatable bonds is 4. The SMILES string of the molecule is CCNC(c1c(C)oc(C)c1C)C1CC(C)(C)OC1(C)C. The highest BCUT2D eigenvalue weighted by atomic mass is 16.5. The van der Waals surface area contributed by atoms with Crippen molar-refractivity contribution in [1.29, 1.82) is 0 Å². The van der Waals surface area contributed by atoms with Crippen molar-refractivity contribution in [3.05, 3.63) is 22.6 Å². The lowest BCUT2D eigenvalue weighted by Gasteiger charge is -2.34. The molecule has 2 heterocycles. The molecule has 1 aromatic heterocycles. The van der Waals surface area contributed by atoms with E-state index in [4.69, 9.17) is 9.15 Å². The van der Waals surface area contributed by atoms with Crippen molar-refractivity contribution < 1.29 is 9.15 Å². The molecule has 1 fully saturated rings. The summed E-state index contributed by atoms with van der Waals surface area (Å²) in [6, 6.07) is 0.282. The molecule has 1 aliphatic rings. The molecule has 1 aromatic rings. The molecule has 0 bridgehead atoms. The molecule has 21 heavy (non-hydrogen) atoms. The molecule has 120 valence electrons. The fourth-order valence-corrected chi connectivity index (χ4v) is 4.06. The van der Waals surface area contributed by atoms with Crippen LogP contribution in [0.25, 0.3) is 0 Å². The quantitative estimate of drug-likeness (QED) is 0.890. The van der Waals surface area contributed by atoms with Crippen LogP contribution in [0.5, 0.6) is 0 Å². The Hall–Kier alpha value is -0.800. The standard InChI is InChI=1S/C18H31NO2/c1-9-19-16(15-11(2)12(3)20-13(15)4)14-10-17(5,6)21-18(14,7)8/h14,16,19H,9-10H2,1-8H3. The van der Waals surface area contributed by atoms with E-state index in [2.05, 4.69) is 60.7 Å². The smallest absolute Gasteiger partial charge is 0.106 e. The largest absolute Gasteiger partial charge is 0.466 e. The summed E-state index contributed by atoms with van der Waals surface area (Å²) < 4.78 is 12.2. The van der Waals surface area contributed by atoms with E-state index in [1.807, 2.05) is 0 Å². The van der Waals surface area contributed by atoms with Crippen LogP contribution >= 0.6 is 0 Å². The van der Waals surface area contributed by atoms with Crippen LogP contribution in [-0.4, -0.2) is 17.7 Å². The predicted molar refractivity (Wildman–Crippen MR) is 86.7 cm³/mol. The fraction of sp³-hybridized carbons (Fsp3) is 0.778. The number of hydrogen-bond acceptors (Lipinski definition) is 3. The second-order valence-electron chi connectivity index (χ2n) is 7.56. The molecule has 1 aliphatic heterocycles. The van der Waals surface area contributed by atoms with Crippen LogP contribution in [0.3, 0.4) is 0 Å². The Morgan fingerprint density at radius 2 is 1.76 bits per heavy atom. The van der Waals surface area contributed by atoms with E-state index in [9.17, 15) is 0 Å². The van der Waals surface area contributed by atoms with Crippen LogP contribution < -0.4 is 5.32 Å². The van der Waals surface area contributed by atoms with Crippen LogP contribution in [0.1, 0.15) is 69.7 Å². The Morgan fingerprint density at radius 3 is 2.14 bits per heavy atom. The minimum absolute atomic E-state index is 0.0670. The lowest BCUT2D eigenvalue weighted by Crippen LogP contribution is -2.39. The summed E-state index contributed by atoms with van der Waals surface area (Å²) >= 11 is 0. The van der Waals surface area contributed by atoms with Crippen LogP contribution in [0.2, 0.25) is 0 Å². The van der Waals surface area contributed by atoms with Gasteiger partial charge in [0, 0.05) is 17.5 Å². The zero-order valence-corrected chi connectivity index (χ0v) is 14.9. The third kappa shape index (κ3) is 3.04. The van der Waals surface area contributed by atoms with Gasteiger partial charge >= 0.3 is 0 Å². The van der Waals surface area contributed by atoms with Crippen molar-refractivity contribution >= 4 is 0 Å². The second-order valence-corrected chi connectivity index (χ2v) is 7.56. The van der Waals surface area contributed by atoms with Crippen molar-refractivity contribution in [3.63, 3.8) is 0 Å². The van der Waals surface area contributed by atoms with Crippen molar-refractivity contribution in [1.82, 2.24) is 5.32 Å². The van der Waals surface area contributed by atoms with Gasteiger partial charge < -0.3 is 14.5 Å². The molecule has 0 saturated carbocycles. The first-order valence-corrected chi connectivity index (χ1v) is 8.09. The van der Waals surface area contributed by atoms with Crippen LogP contribution in [0.4, 0.5) is 0 Å². The van der Waals surface area contributed by atoms with Crippen LogP contribution in [0, 0.1) is 26.7 Å². The predicted octanol–water partition coefficient (Wildman–Crippen LogP) is 4.45. The van der Waals surface area contributed by atoms with Crippen molar-refractivity contribution in [2.45, 2.75) is 79.1 Å². The Balaban J connectivity index is 2.44. The number of ether oxygens (including phenoxy) is 1. The number of aryl methyl sites for hydroxylation is 2. The lowest BCUT2D eigenvalue weighted by molar-refractivity contribution is -0.0778. The minimum Gasteiger partial charge on any atom is -0.466 e. The first-order valence-electron chi connectivity index (χ1n) is 8.09. The van der Waals surface area contributed by atoms with Gasteiger partial charge in [-0.15, -0.1) is 0 Å². The highest BCUT2D eigenvalue weighted by Crippen LogP contribution is 2.49. The third-order valence-electron chi connectivity index (χ3n) is 4.90. The molecule has 1 saturated heterocycles. The molecule has 1 N–H and O–H groups in total. The van der Waals surface area contributed by atoms with Crippen molar-refractivity contribution in [2.24, 2.45) is 5.92 Å². The van der Waals surface area contributed by atoms with Gasteiger partial charge in [-0.3, -0.25) is 0 Å². The van der Waals surface area contributed by atoms with Gasteiger partial charge in [-0.05, 0) is 67.0 Å². The monoisotopic (exact) mass is 293 g/mol. The molecule has 0 aliphatic carbocycles. The molecule has 3 heteroatoms. The second kappa shape index (κ2) is 5.44. The molecule has 3 nitrogen and oxygen atoms in total. The number of nitrogens with one attached hydrogen (secondary N) is 1. The van der Waals surface area contributed by atoms with E-state index >= 15 is 0 Å². The normalized spacial score (nSPS) is 25.2. The van der Waals surface area contributed by atoms with E-state index in [0.29, 0.717) is 5.92 Å². The van der Waals surface area contributed by atoms with Crippen molar-refractivity contribution in [2.75, 3.05) is 6.54 Å². The average molecular weight is 293 g/mol. The third-order valence-corrected chi connectivity index (χ3v) is 4.90. The molecule has 2 rings (SSSR count). The first-order chi connectivity index (χ1) is 9.59. The summed E-state index contributed by atoms with van der Waals surface area (Å²) in [6.45, 7) is 18.2. The van der Waals surface area contributed by atoms with Gasteiger partial charge in [0.15, 0.2) is 0 Å². The Kier molecular flexibility index (Phi) is 4.29. The van der Waals surface area contributed by atoms with Gasteiger partial charge in [0.05, 0.1) is 11.2 Å². The Morgan fingerprint density at radius 1 is 1.14 bits per heavy atom. The molecule has 0 aromatic carbocycles. The molecular formula is C18H31NO2.